The first-order valence-electron chi connectivity index (χ1n) is 8.64. The number of nitrogens with zero attached hydrogens (tertiary/aromatic N) is 5. The quantitative estimate of drug-likeness (QED) is 0.668. The zero-order valence-corrected chi connectivity index (χ0v) is 16.6. The van der Waals surface area contributed by atoms with Gasteiger partial charge >= 0.3 is 6.18 Å². The smallest absolute Gasteiger partial charge is 0.291 e. The predicted molar refractivity (Wildman–Crippen MR) is 101 cm³/mol. The van der Waals surface area contributed by atoms with E-state index in [4.69, 9.17) is 11.6 Å². The summed E-state index contributed by atoms with van der Waals surface area (Å²) in [6, 6.07) is 6.82. The standard InChI is InChI=1S/C18H18ClF3N6O/c1-10-4-6-13(7-5-10)8-27-9-23-17(26-27)24-16(29)12(3)28-11(2)14(19)15(25-28)18(20,21)22/h4-7,9,12H,8H2,1-3H3,(H,24,26,29). The van der Waals surface area contributed by atoms with E-state index in [1.807, 2.05) is 31.2 Å². The first kappa shape index (κ1) is 20.8. The van der Waals surface area contributed by atoms with Gasteiger partial charge in [-0.3, -0.25) is 14.8 Å². The Balaban J connectivity index is 1.71. The summed E-state index contributed by atoms with van der Waals surface area (Å²) in [5.74, 6) is -0.574. The molecule has 2 aromatic heterocycles. The molecule has 1 unspecified atom stereocenters. The fourth-order valence-corrected chi connectivity index (χ4v) is 2.92. The zero-order chi connectivity index (χ0) is 21.3. The van der Waals surface area contributed by atoms with E-state index in [1.165, 1.54) is 20.2 Å². The lowest BCUT2D eigenvalue weighted by Gasteiger charge is -2.13. The van der Waals surface area contributed by atoms with Crippen molar-refractivity contribution in [2.75, 3.05) is 5.32 Å². The number of carbonyl (C=O) groups excluding carboxylic acids is 1. The van der Waals surface area contributed by atoms with Crippen molar-refractivity contribution in [1.29, 1.82) is 0 Å². The summed E-state index contributed by atoms with van der Waals surface area (Å²) in [5, 5.41) is 9.58. The van der Waals surface area contributed by atoms with Crippen LogP contribution in [0.2, 0.25) is 5.02 Å². The van der Waals surface area contributed by atoms with Gasteiger partial charge in [0.05, 0.1) is 17.3 Å². The molecule has 0 radical (unpaired) electrons. The number of amides is 1. The number of alkyl halides is 3. The molecular weight excluding hydrogens is 409 g/mol. The van der Waals surface area contributed by atoms with Gasteiger partial charge in [0.25, 0.3) is 5.91 Å². The first-order chi connectivity index (χ1) is 13.6. The van der Waals surface area contributed by atoms with Crippen LogP contribution >= 0.6 is 11.6 Å². The maximum atomic E-state index is 13.0. The molecule has 0 fully saturated rings. The Morgan fingerprint density at radius 1 is 1.21 bits per heavy atom. The van der Waals surface area contributed by atoms with Gasteiger partial charge in [-0.1, -0.05) is 41.4 Å². The Morgan fingerprint density at radius 3 is 2.45 bits per heavy atom. The highest BCUT2D eigenvalue weighted by atomic mass is 35.5. The number of hydrogen-bond acceptors (Lipinski definition) is 4. The van der Waals surface area contributed by atoms with Crippen LogP contribution in [0, 0.1) is 13.8 Å². The number of aryl methyl sites for hydroxylation is 1. The van der Waals surface area contributed by atoms with Crippen LogP contribution in [0.5, 0.6) is 0 Å². The van der Waals surface area contributed by atoms with Crippen LogP contribution in [0.3, 0.4) is 0 Å². The van der Waals surface area contributed by atoms with E-state index in [1.54, 1.807) is 4.68 Å². The van der Waals surface area contributed by atoms with Crippen molar-refractivity contribution < 1.29 is 18.0 Å². The van der Waals surface area contributed by atoms with Gasteiger partial charge in [0.15, 0.2) is 5.69 Å². The molecule has 1 atom stereocenters. The minimum Gasteiger partial charge on any atom is -0.291 e. The molecule has 0 bridgehead atoms. The highest BCUT2D eigenvalue weighted by molar-refractivity contribution is 6.32. The summed E-state index contributed by atoms with van der Waals surface area (Å²) >= 11 is 5.73. The normalized spacial score (nSPS) is 12.8. The van der Waals surface area contributed by atoms with Crippen molar-refractivity contribution in [2.24, 2.45) is 0 Å². The summed E-state index contributed by atoms with van der Waals surface area (Å²) in [6.45, 7) is 5.22. The average molecular weight is 427 g/mol. The van der Waals surface area contributed by atoms with E-state index >= 15 is 0 Å². The van der Waals surface area contributed by atoms with Crippen molar-refractivity contribution in [2.45, 2.75) is 39.5 Å². The number of carbonyl (C=O) groups is 1. The number of nitrogens with one attached hydrogen (secondary N) is 1. The molecule has 0 aliphatic rings. The fourth-order valence-electron chi connectivity index (χ4n) is 2.69. The molecule has 1 N–H and O–H groups in total. The number of rotatable bonds is 5. The highest BCUT2D eigenvalue weighted by Crippen LogP contribution is 2.36. The van der Waals surface area contributed by atoms with Gasteiger partial charge < -0.3 is 0 Å². The van der Waals surface area contributed by atoms with Gasteiger partial charge in [-0.2, -0.15) is 18.3 Å². The third-order valence-corrected chi connectivity index (χ3v) is 4.78. The predicted octanol–water partition coefficient (Wildman–Crippen LogP) is 4.01. The summed E-state index contributed by atoms with van der Waals surface area (Å²) < 4.78 is 41.4. The van der Waals surface area contributed by atoms with Crippen LogP contribution in [0.1, 0.15) is 35.5 Å². The monoisotopic (exact) mass is 426 g/mol. The summed E-state index contributed by atoms with van der Waals surface area (Å²) in [4.78, 5) is 16.5. The second-order valence-corrected chi connectivity index (χ2v) is 6.98. The maximum absolute atomic E-state index is 13.0. The number of halogens is 4. The van der Waals surface area contributed by atoms with E-state index in [9.17, 15) is 18.0 Å². The van der Waals surface area contributed by atoms with Crippen LogP contribution in [-0.2, 0) is 17.5 Å². The Labute approximate surface area is 169 Å². The fraction of sp³-hybridized carbons (Fsp3) is 0.333. The summed E-state index contributed by atoms with van der Waals surface area (Å²) in [7, 11) is 0. The van der Waals surface area contributed by atoms with Crippen LogP contribution in [0.25, 0.3) is 0 Å². The molecule has 0 aliphatic heterocycles. The van der Waals surface area contributed by atoms with E-state index < -0.39 is 28.8 Å². The van der Waals surface area contributed by atoms with Gasteiger partial charge in [0.2, 0.25) is 5.95 Å². The molecule has 7 nitrogen and oxygen atoms in total. The van der Waals surface area contributed by atoms with Crippen LogP contribution in [0.4, 0.5) is 19.1 Å². The summed E-state index contributed by atoms with van der Waals surface area (Å²) in [6.07, 6.45) is -3.25. The topological polar surface area (TPSA) is 77.6 Å². The Hall–Kier alpha value is -2.88. The Bertz CT molecular complexity index is 1030. The van der Waals surface area contributed by atoms with Crippen LogP contribution in [-0.4, -0.2) is 30.5 Å². The van der Waals surface area contributed by atoms with Crippen LogP contribution in [0.15, 0.2) is 30.6 Å². The van der Waals surface area contributed by atoms with Gasteiger partial charge in [0.1, 0.15) is 12.4 Å². The molecular formula is C18H18ClF3N6O. The lowest BCUT2D eigenvalue weighted by atomic mass is 10.1. The van der Waals surface area contributed by atoms with Crippen molar-refractivity contribution >= 4 is 23.5 Å². The van der Waals surface area contributed by atoms with E-state index in [2.05, 4.69) is 20.5 Å². The molecule has 154 valence electrons. The maximum Gasteiger partial charge on any atom is 0.436 e. The summed E-state index contributed by atoms with van der Waals surface area (Å²) in [5.41, 5.74) is 0.960. The molecule has 0 aliphatic carbocycles. The average Bonchev–Trinajstić information content (AvgIpc) is 3.21. The van der Waals surface area contributed by atoms with Gasteiger partial charge in [-0.15, -0.1) is 5.10 Å². The van der Waals surface area contributed by atoms with Crippen molar-refractivity contribution in [1.82, 2.24) is 24.5 Å². The van der Waals surface area contributed by atoms with E-state index in [0.717, 1.165) is 15.8 Å². The van der Waals surface area contributed by atoms with Crippen molar-refractivity contribution in [3.05, 3.63) is 58.1 Å². The molecule has 2 heterocycles. The third-order valence-electron chi connectivity index (χ3n) is 4.33. The highest BCUT2D eigenvalue weighted by Gasteiger charge is 2.39. The SMILES string of the molecule is Cc1ccc(Cn2cnc(NC(=O)C(C)n3nc(C(F)(F)F)c(Cl)c3C)n2)cc1. The van der Waals surface area contributed by atoms with Crippen LogP contribution < -0.4 is 5.32 Å². The molecule has 29 heavy (non-hydrogen) atoms. The Morgan fingerprint density at radius 2 is 1.86 bits per heavy atom. The van der Waals surface area contributed by atoms with Gasteiger partial charge in [0, 0.05) is 0 Å². The van der Waals surface area contributed by atoms with Gasteiger partial charge in [-0.05, 0) is 26.3 Å². The molecule has 0 spiro atoms. The third kappa shape index (κ3) is 4.58. The second kappa shape index (κ2) is 7.86. The minimum absolute atomic E-state index is 0.0412. The number of hydrogen-bond donors (Lipinski definition) is 1. The molecule has 3 rings (SSSR count). The zero-order valence-electron chi connectivity index (χ0n) is 15.8. The second-order valence-electron chi connectivity index (χ2n) is 6.61. The largest absolute Gasteiger partial charge is 0.436 e. The molecule has 3 aromatic rings. The Kier molecular flexibility index (Phi) is 5.65. The molecule has 1 aromatic carbocycles. The number of anilines is 1. The molecule has 11 heteroatoms. The van der Waals surface area contributed by atoms with E-state index in [-0.39, 0.29) is 11.6 Å². The number of aromatic nitrogens is 5. The minimum atomic E-state index is -4.71. The van der Waals surface area contributed by atoms with Crippen molar-refractivity contribution in [3.63, 3.8) is 0 Å². The lowest BCUT2D eigenvalue weighted by Crippen LogP contribution is -2.26. The number of benzene rings is 1. The first-order valence-corrected chi connectivity index (χ1v) is 9.01. The molecule has 0 saturated heterocycles. The van der Waals surface area contributed by atoms with E-state index in [0.29, 0.717) is 6.54 Å². The lowest BCUT2D eigenvalue weighted by molar-refractivity contribution is -0.141. The molecule has 0 saturated carbocycles. The molecule has 1 amide bonds. The van der Waals surface area contributed by atoms with Gasteiger partial charge in [-0.25, -0.2) is 9.67 Å². The van der Waals surface area contributed by atoms with Crippen molar-refractivity contribution in [3.8, 4) is 0 Å².